The van der Waals surface area contributed by atoms with E-state index in [1.54, 1.807) is 0 Å². The van der Waals surface area contributed by atoms with Crippen molar-refractivity contribution >= 4 is 11.6 Å². The summed E-state index contributed by atoms with van der Waals surface area (Å²) >= 11 is 5.92. The molecule has 1 aliphatic heterocycles. The average Bonchev–Trinajstić information content (AvgIpc) is 2.46. The van der Waals surface area contributed by atoms with E-state index in [1.807, 2.05) is 18.2 Å². The highest BCUT2D eigenvalue weighted by molar-refractivity contribution is 6.30. The van der Waals surface area contributed by atoms with E-state index in [-0.39, 0.29) is 11.8 Å². The van der Waals surface area contributed by atoms with E-state index in [0.29, 0.717) is 0 Å². The Kier molecular flexibility index (Phi) is 2.52. The van der Waals surface area contributed by atoms with Crippen molar-refractivity contribution in [1.82, 2.24) is 0 Å². The minimum absolute atomic E-state index is 0.101. The van der Waals surface area contributed by atoms with Crippen LogP contribution in [0.25, 0.3) is 0 Å². The molecule has 1 saturated heterocycles. The van der Waals surface area contributed by atoms with E-state index in [0.717, 1.165) is 17.2 Å². The highest BCUT2D eigenvalue weighted by atomic mass is 35.5. The molecule has 3 heteroatoms. The van der Waals surface area contributed by atoms with Crippen LogP contribution in [-0.4, -0.2) is 12.1 Å². The van der Waals surface area contributed by atoms with E-state index in [4.69, 9.17) is 16.3 Å². The van der Waals surface area contributed by atoms with Gasteiger partial charge in [0.25, 0.3) is 0 Å². The molecule has 0 aromatic heterocycles. The zero-order valence-corrected chi connectivity index (χ0v) is 9.21. The largest absolute Gasteiger partial charge is 0.319 e. The first-order valence-electron chi connectivity index (χ1n) is 4.80. The Morgan fingerprint density at radius 2 is 2.29 bits per heavy atom. The van der Waals surface area contributed by atoms with Crippen LogP contribution in [0.1, 0.15) is 25.6 Å². The summed E-state index contributed by atoms with van der Waals surface area (Å²) in [5.74, 6) is 0. The summed E-state index contributed by atoms with van der Waals surface area (Å²) in [5, 5.41) is 3.00. The fourth-order valence-corrected chi connectivity index (χ4v) is 1.89. The summed E-state index contributed by atoms with van der Waals surface area (Å²) in [4.78, 5) is 0. The fraction of sp³-hybridized carbons (Fsp3) is 0.455. The molecule has 0 bridgehead atoms. The first-order chi connectivity index (χ1) is 6.57. The summed E-state index contributed by atoms with van der Waals surface area (Å²) in [6.45, 7) is 5.14. The first-order valence-corrected chi connectivity index (χ1v) is 5.18. The Balaban J connectivity index is 2.17. The molecule has 1 fully saturated rings. The van der Waals surface area contributed by atoms with Crippen LogP contribution in [0.5, 0.6) is 0 Å². The molecule has 0 aliphatic carbocycles. The van der Waals surface area contributed by atoms with Gasteiger partial charge in [0.2, 0.25) is 6.23 Å². The summed E-state index contributed by atoms with van der Waals surface area (Å²) in [7, 11) is 0. The van der Waals surface area contributed by atoms with Gasteiger partial charge >= 0.3 is 0 Å². The molecule has 0 unspecified atom stereocenters. The van der Waals surface area contributed by atoms with Gasteiger partial charge in [0.15, 0.2) is 0 Å². The van der Waals surface area contributed by atoms with Crippen molar-refractivity contribution in [3.05, 3.63) is 34.9 Å². The lowest BCUT2D eigenvalue weighted by atomic mass is 10.1. The Morgan fingerprint density at radius 1 is 1.50 bits per heavy atom. The third kappa shape index (κ3) is 2.08. The van der Waals surface area contributed by atoms with Crippen LogP contribution in [0.2, 0.25) is 5.02 Å². The molecular weight excluding hydrogens is 198 g/mol. The molecule has 0 saturated carbocycles. The number of nitrogens with two attached hydrogens (primary N) is 1. The predicted octanol–water partition coefficient (Wildman–Crippen LogP) is 1.71. The number of ether oxygens (including phenoxy) is 1. The number of halogens is 1. The van der Waals surface area contributed by atoms with Gasteiger partial charge in [0.1, 0.15) is 12.1 Å². The molecule has 1 aromatic rings. The van der Waals surface area contributed by atoms with Crippen LogP contribution in [0.3, 0.4) is 0 Å². The molecule has 0 spiro atoms. The molecule has 76 valence electrons. The minimum atomic E-state index is 0.101. The van der Waals surface area contributed by atoms with Gasteiger partial charge < -0.3 is 10.1 Å². The maximum Gasteiger partial charge on any atom is 0.217 e. The summed E-state index contributed by atoms with van der Waals surface area (Å²) in [6.07, 6.45) is 0.101. The van der Waals surface area contributed by atoms with E-state index in [2.05, 4.69) is 25.2 Å². The Morgan fingerprint density at radius 3 is 2.86 bits per heavy atom. The molecule has 14 heavy (non-hydrogen) atoms. The number of hydrogen-bond acceptors (Lipinski definition) is 1. The maximum atomic E-state index is 5.92. The number of hydrogen-bond donors (Lipinski definition) is 1. The van der Waals surface area contributed by atoms with Crippen LogP contribution >= 0.6 is 11.6 Å². The smallest absolute Gasteiger partial charge is 0.217 e. The van der Waals surface area contributed by atoms with Gasteiger partial charge in [-0.1, -0.05) is 23.7 Å². The first kappa shape index (κ1) is 9.97. The summed E-state index contributed by atoms with van der Waals surface area (Å²) < 4.78 is 5.70. The minimum Gasteiger partial charge on any atom is -0.319 e. The molecule has 2 rings (SSSR count). The third-order valence-corrected chi connectivity index (χ3v) is 2.65. The van der Waals surface area contributed by atoms with Crippen LogP contribution in [-0.2, 0) is 4.74 Å². The number of quaternary nitrogens is 1. The van der Waals surface area contributed by atoms with Crippen LogP contribution in [0, 0.1) is 0 Å². The zero-order chi connectivity index (χ0) is 10.2. The summed E-state index contributed by atoms with van der Waals surface area (Å²) in [5.41, 5.74) is 1.32. The van der Waals surface area contributed by atoms with Gasteiger partial charge in [-0.05, 0) is 26.0 Å². The maximum absolute atomic E-state index is 5.92. The number of benzene rings is 1. The van der Waals surface area contributed by atoms with Gasteiger partial charge in [-0.25, -0.2) is 0 Å². The normalized spacial score (nSPS) is 25.2. The van der Waals surface area contributed by atoms with Gasteiger partial charge in [-0.15, -0.1) is 0 Å². The van der Waals surface area contributed by atoms with Crippen molar-refractivity contribution in [3.8, 4) is 0 Å². The molecule has 1 aliphatic rings. The van der Waals surface area contributed by atoms with Crippen LogP contribution in [0.15, 0.2) is 24.3 Å². The van der Waals surface area contributed by atoms with Crippen LogP contribution < -0.4 is 5.32 Å². The zero-order valence-electron chi connectivity index (χ0n) is 8.46. The SMILES string of the molecule is CC1(C)CO[C@@H](c2cccc(Cl)c2)[NH2+]1. The second-order valence-electron chi connectivity index (χ2n) is 4.44. The van der Waals surface area contributed by atoms with Gasteiger partial charge in [0.05, 0.1) is 0 Å². The Hall–Kier alpha value is -0.570. The van der Waals surface area contributed by atoms with Gasteiger partial charge in [0, 0.05) is 10.6 Å². The lowest BCUT2D eigenvalue weighted by molar-refractivity contribution is -0.750. The molecule has 0 radical (unpaired) electrons. The monoisotopic (exact) mass is 212 g/mol. The van der Waals surface area contributed by atoms with E-state index < -0.39 is 0 Å². The van der Waals surface area contributed by atoms with Gasteiger partial charge in [-0.3, -0.25) is 0 Å². The van der Waals surface area contributed by atoms with Crippen molar-refractivity contribution < 1.29 is 10.1 Å². The average molecular weight is 213 g/mol. The molecule has 0 amide bonds. The fourth-order valence-electron chi connectivity index (χ4n) is 1.69. The highest BCUT2D eigenvalue weighted by Crippen LogP contribution is 2.20. The molecule has 2 N–H and O–H groups in total. The topological polar surface area (TPSA) is 25.8 Å². The lowest BCUT2D eigenvalue weighted by Crippen LogP contribution is -2.93. The van der Waals surface area contributed by atoms with E-state index >= 15 is 0 Å². The molecule has 1 heterocycles. The molecule has 1 atom stereocenters. The second-order valence-corrected chi connectivity index (χ2v) is 4.88. The van der Waals surface area contributed by atoms with Crippen molar-refractivity contribution in [2.45, 2.75) is 25.6 Å². The van der Waals surface area contributed by atoms with Crippen LogP contribution in [0.4, 0.5) is 0 Å². The van der Waals surface area contributed by atoms with Crippen molar-refractivity contribution in [1.29, 1.82) is 0 Å². The standard InChI is InChI=1S/C11H14ClNO/c1-11(2)7-14-10(13-11)8-4-3-5-9(12)6-8/h3-6,10,13H,7H2,1-2H3/p+1/t10-/m0/s1. The molecule has 2 nitrogen and oxygen atoms in total. The van der Waals surface area contributed by atoms with Crippen molar-refractivity contribution in [3.63, 3.8) is 0 Å². The van der Waals surface area contributed by atoms with Crippen molar-refractivity contribution in [2.24, 2.45) is 0 Å². The summed E-state index contributed by atoms with van der Waals surface area (Å²) in [6, 6.07) is 7.85. The Labute approximate surface area is 89.2 Å². The Bertz CT molecular complexity index is 338. The number of rotatable bonds is 1. The van der Waals surface area contributed by atoms with E-state index in [9.17, 15) is 0 Å². The molecular formula is C11H15ClNO+. The highest BCUT2D eigenvalue weighted by Gasteiger charge is 2.36. The van der Waals surface area contributed by atoms with Gasteiger partial charge in [-0.2, -0.15) is 0 Å². The quantitative estimate of drug-likeness (QED) is 0.754. The lowest BCUT2D eigenvalue weighted by Gasteiger charge is -2.13. The molecule has 1 aromatic carbocycles. The predicted molar refractivity (Wildman–Crippen MR) is 56.1 cm³/mol. The van der Waals surface area contributed by atoms with E-state index in [1.165, 1.54) is 0 Å². The second kappa shape index (κ2) is 3.54. The third-order valence-electron chi connectivity index (χ3n) is 2.41. The van der Waals surface area contributed by atoms with Crippen molar-refractivity contribution in [2.75, 3.05) is 6.61 Å².